The molecule has 1 fully saturated rings. The fourth-order valence-corrected chi connectivity index (χ4v) is 3.83. The molecule has 0 spiro atoms. The third-order valence-electron chi connectivity index (χ3n) is 3.02. The Morgan fingerprint density at radius 1 is 1.25 bits per heavy atom. The molecule has 1 saturated carbocycles. The van der Waals surface area contributed by atoms with Crippen LogP contribution < -0.4 is 10.5 Å². The van der Waals surface area contributed by atoms with E-state index in [1.54, 1.807) is 16.4 Å². The minimum Gasteiger partial charge on any atom is -0.399 e. The fraction of sp³-hybridized carbons (Fsp3) is 0.571. The van der Waals surface area contributed by atoms with Crippen molar-refractivity contribution in [1.82, 2.24) is 9.03 Å². The molecule has 0 atom stereocenters. The van der Waals surface area contributed by atoms with Crippen LogP contribution in [0.5, 0.6) is 0 Å². The van der Waals surface area contributed by atoms with Crippen molar-refractivity contribution >= 4 is 15.9 Å². The largest absolute Gasteiger partial charge is 0.399 e. The molecule has 0 amide bonds. The molecule has 0 aromatic heterocycles. The Hall–Kier alpha value is -1.11. The Labute approximate surface area is 121 Å². The van der Waals surface area contributed by atoms with Crippen LogP contribution in [-0.2, 0) is 16.8 Å². The smallest absolute Gasteiger partial charge is 0.280 e. The van der Waals surface area contributed by atoms with Crippen LogP contribution in [0.2, 0.25) is 0 Å². The van der Waals surface area contributed by atoms with Crippen molar-refractivity contribution in [2.24, 2.45) is 0 Å². The van der Waals surface area contributed by atoms with Gasteiger partial charge in [-0.1, -0.05) is 12.1 Å². The number of rotatable bonds is 5. The summed E-state index contributed by atoms with van der Waals surface area (Å²) in [6.45, 7) is 5.92. The summed E-state index contributed by atoms with van der Waals surface area (Å²) in [4.78, 5) is 0. The number of nitrogen functional groups attached to an aromatic ring is 1. The van der Waals surface area contributed by atoms with Gasteiger partial charge in [0.05, 0.1) is 0 Å². The van der Waals surface area contributed by atoms with Gasteiger partial charge in [0.15, 0.2) is 0 Å². The van der Waals surface area contributed by atoms with Gasteiger partial charge in [-0.2, -0.15) is 17.4 Å². The van der Waals surface area contributed by atoms with Crippen molar-refractivity contribution in [2.45, 2.75) is 51.7 Å². The third kappa shape index (κ3) is 4.19. The molecule has 6 heteroatoms. The van der Waals surface area contributed by atoms with E-state index in [2.05, 4.69) is 4.72 Å². The third-order valence-corrected chi connectivity index (χ3v) is 4.93. The lowest BCUT2D eigenvalue weighted by atomic mass is 10.1. The van der Waals surface area contributed by atoms with Crippen molar-refractivity contribution < 1.29 is 8.42 Å². The van der Waals surface area contributed by atoms with E-state index in [9.17, 15) is 8.42 Å². The predicted molar refractivity (Wildman–Crippen MR) is 81.2 cm³/mol. The Bertz CT molecular complexity index is 557. The fourth-order valence-electron chi connectivity index (χ4n) is 2.02. The maximum atomic E-state index is 12.5. The number of nitrogens with zero attached hydrogens (tertiary/aromatic N) is 1. The highest BCUT2D eigenvalue weighted by molar-refractivity contribution is 7.87. The number of anilines is 1. The summed E-state index contributed by atoms with van der Waals surface area (Å²) in [6, 6.07) is 7.45. The molecule has 1 aromatic rings. The second-order valence-corrected chi connectivity index (χ2v) is 8.00. The summed E-state index contributed by atoms with van der Waals surface area (Å²) in [6.07, 6.45) is 1.86. The molecule has 0 radical (unpaired) electrons. The molecule has 0 unspecified atom stereocenters. The zero-order valence-electron chi connectivity index (χ0n) is 12.3. The van der Waals surface area contributed by atoms with Crippen molar-refractivity contribution in [1.29, 1.82) is 0 Å². The van der Waals surface area contributed by atoms with Gasteiger partial charge < -0.3 is 5.73 Å². The average molecular weight is 297 g/mol. The molecular formula is C14H23N3O2S. The normalized spacial score (nSPS) is 16.6. The maximum Gasteiger partial charge on any atom is 0.280 e. The molecule has 1 aromatic carbocycles. The molecule has 20 heavy (non-hydrogen) atoms. The molecule has 1 aliphatic carbocycles. The molecule has 112 valence electrons. The van der Waals surface area contributed by atoms with Gasteiger partial charge >= 0.3 is 0 Å². The molecule has 1 aliphatic rings. The Kier molecular flexibility index (Phi) is 4.09. The minimum atomic E-state index is -3.47. The van der Waals surface area contributed by atoms with Crippen LogP contribution in [0.25, 0.3) is 0 Å². The SMILES string of the molecule is CC(C)(C)NS(=O)(=O)N(Cc1ccc(N)cc1)C1CC1. The quantitative estimate of drug-likeness (QED) is 0.815. The van der Waals surface area contributed by atoms with Crippen LogP contribution in [0, 0.1) is 0 Å². The predicted octanol–water partition coefficient (Wildman–Crippen LogP) is 1.87. The lowest BCUT2D eigenvalue weighted by Gasteiger charge is -2.28. The van der Waals surface area contributed by atoms with Gasteiger partial charge in [0, 0.05) is 23.8 Å². The van der Waals surface area contributed by atoms with Crippen LogP contribution in [0.4, 0.5) is 5.69 Å². The van der Waals surface area contributed by atoms with Gasteiger partial charge in [-0.05, 0) is 51.3 Å². The molecule has 0 aliphatic heterocycles. The van der Waals surface area contributed by atoms with Crippen LogP contribution in [0.3, 0.4) is 0 Å². The van der Waals surface area contributed by atoms with Crippen LogP contribution in [0.1, 0.15) is 39.2 Å². The molecule has 0 bridgehead atoms. The highest BCUT2D eigenvalue weighted by Crippen LogP contribution is 2.31. The summed E-state index contributed by atoms with van der Waals surface area (Å²) >= 11 is 0. The zero-order chi connectivity index (χ0) is 15.0. The highest BCUT2D eigenvalue weighted by Gasteiger charge is 2.38. The minimum absolute atomic E-state index is 0.118. The first-order chi connectivity index (χ1) is 9.17. The second kappa shape index (κ2) is 5.35. The standard InChI is InChI=1S/C14H23N3O2S/c1-14(2,3)16-20(18,19)17(13-8-9-13)10-11-4-6-12(15)7-5-11/h4-7,13,16H,8-10,15H2,1-3H3. The molecule has 3 N–H and O–H groups in total. The highest BCUT2D eigenvalue weighted by atomic mass is 32.2. The van der Waals surface area contributed by atoms with Gasteiger partial charge in [0.1, 0.15) is 0 Å². The van der Waals surface area contributed by atoms with E-state index in [4.69, 9.17) is 5.73 Å². The number of benzene rings is 1. The van der Waals surface area contributed by atoms with E-state index in [0.717, 1.165) is 18.4 Å². The van der Waals surface area contributed by atoms with Crippen molar-refractivity contribution in [3.8, 4) is 0 Å². The Balaban J connectivity index is 2.17. The van der Waals surface area contributed by atoms with E-state index in [1.807, 2.05) is 32.9 Å². The Morgan fingerprint density at radius 2 is 1.80 bits per heavy atom. The van der Waals surface area contributed by atoms with Crippen molar-refractivity contribution in [3.05, 3.63) is 29.8 Å². The Morgan fingerprint density at radius 3 is 2.25 bits per heavy atom. The molecule has 2 rings (SSSR count). The summed E-state index contributed by atoms with van der Waals surface area (Å²) in [7, 11) is -3.47. The van der Waals surface area contributed by atoms with E-state index < -0.39 is 15.7 Å². The monoisotopic (exact) mass is 297 g/mol. The summed E-state index contributed by atoms with van der Waals surface area (Å²) in [5.74, 6) is 0. The summed E-state index contributed by atoms with van der Waals surface area (Å²) in [5, 5.41) is 0. The maximum absolute atomic E-state index is 12.5. The first-order valence-electron chi connectivity index (χ1n) is 6.82. The van der Waals surface area contributed by atoms with Crippen molar-refractivity contribution in [3.63, 3.8) is 0 Å². The first kappa shape index (κ1) is 15.3. The van der Waals surface area contributed by atoms with Crippen LogP contribution in [0.15, 0.2) is 24.3 Å². The van der Waals surface area contributed by atoms with Gasteiger partial charge in [0.2, 0.25) is 0 Å². The lowest BCUT2D eigenvalue weighted by molar-refractivity contribution is 0.373. The van der Waals surface area contributed by atoms with Crippen LogP contribution >= 0.6 is 0 Å². The molecule has 0 saturated heterocycles. The molecule has 5 nitrogen and oxygen atoms in total. The van der Waals surface area contributed by atoms with E-state index >= 15 is 0 Å². The number of nitrogens with two attached hydrogens (primary N) is 1. The number of nitrogens with one attached hydrogen (secondary N) is 1. The zero-order valence-corrected chi connectivity index (χ0v) is 13.1. The van der Waals surface area contributed by atoms with Crippen molar-refractivity contribution in [2.75, 3.05) is 5.73 Å². The number of hydrogen-bond donors (Lipinski definition) is 2. The molecular weight excluding hydrogens is 274 g/mol. The van der Waals surface area contributed by atoms with Gasteiger partial charge in [-0.3, -0.25) is 0 Å². The van der Waals surface area contributed by atoms with E-state index in [1.165, 1.54) is 0 Å². The topological polar surface area (TPSA) is 75.4 Å². The van der Waals surface area contributed by atoms with Gasteiger partial charge in [0.25, 0.3) is 10.2 Å². The average Bonchev–Trinajstić information content (AvgIpc) is 3.08. The first-order valence-corrected chi connectivity index (χ1v) is 8.26. The van der Waals surface area contributed by atoms with E-state index in [0.29, 0.717) is 12.2 Å². The summed E-state index contributed by atoms with van der Waals surface area (Å²) in [5.41, 5.74) is 6.81. The summed E-state index contributed by atoms with van der Waals surface area (Å²) < 4.78 is 29.3. The lowest BCUT2D eigenvalue weighted by Crippen LogP contribution is -2.49. The second-order valence-electron chi connectivity index (χ2n) is 6.38. The van der Waals surface area contributed by atoms with E-state index in [-0.39, 0.29) is 6.04 Å². The van der Waals surface area contributed by atoms with Gasteiger partial charge in [-0.15, -0.1) is 0 Å². The number of hydrogen-bond acceptors (Lipinski definition) is 3. The molecule has 0 heterocycles. The van der Waals surface area contributed by atoms with Crippen LogP contribution in [-0.4, -0.2) is 24.3 Å². The van der Waals surface area contributed by atoms with Gasteiger partial charge in [-0.25, -0.2) is 0 Å².